The largest absolute Gasteiger partial charge is 0.352 e. The molecule has 1 N–H and O–H groups in total. The molecule has 0 bridgehead atoms. The summed E-state index contributed by atoms with van der Waals surface area (Å²) in [5, 5.41) is 3.68. The van der Waals surface area contributed by atoms with E-state index in [0.29, 0.717) is 23.1 Å². The van der Waals surface area contributed by atoms with E-state index in [4.69, 9.17) is 11.6 Å². The van der Waals surface area contributed by atoms with Crippen molar-refractivity contribution in [1.82, 2.24) is 10.2 Å². The summed E-state index contributed by atoms with van der Waals surface area (Å²) in [7, 11) is 0. The molecule has 0 radical (unpaired) electrons. The Kier molecular flexibility index (Phi) is 9.73. The highest BCUT2D eigenvalue weighted by Gasteiger charge is 2.26. The second-order valence-corrected chi connectivity index (χ2v) is 9.05. The lowest BCUT2D eigenvalue weighted by Gasteiger charge is -2.29. The highest BCUT2D eigenvalue weighted by atomic mass is 35.5. The number of rotatable bonds is 10. The van der Waals surface area contributed by atoms with Crippen molar-refractivity contribution in [2.75, 3.05) is 5.75 Å². The zero-order valence-electron chi connectivity index (χ0n) is 18.2. The van der Waals surface area contributed by atoms with Gasteiger partial charge in [-0.25, -0.2) is 0 Å². The molecule has 0 aromatic heterocycles. The van der Waals surface area contributed by atoms with Crippen molar-refractivity contribution in [2.24, 2.45) is 0 Å². The van der Waals surface area contributed by atoms with Crippen LogP contribution in [0.25, 0.3) is 0 Å². The van der Waals surface area contributed by atoms with Crippen molar-refractivity contribution in [3.63, 3.8) is 0 Å². The molecule has 4 nitrogen and oxygen atoms in total. The first-order valence-corrected chi connectivity index (χ1v) is 11.8. The van der Waals surface area contributed by atoms with Crippen LogP contribution >= 0.6 is 23.4 Å². The molecule has 0 aliphatic rings. The number of carbonyl (C=O) groups is 2. The molecule has 0 aliphatic heterocycles. The summed E-state index contributed by atoms with van der Waals surface area (Å²) in [6.07, 6.45) is 0.847. The number of thioether (sulfide) groups is 1. The Labute approximate surface area is 189 Å². The van der Waals surface area contributed by atoms with E-state index in [9.17, 15) is 9.59 Å². The van der Waals surface area contributed by atoms with E-state index in [1.165, 1.54) is 11.8 Å². The number of hydrogen-bond donors (Lipinski definition) is 1. The average molecular weight is 447 g/mol. The molecule has 2 amide bonds. The van der Waals surface area contributed by atoms with Crippen molar-refractivity contribution in [2.45, 2.75) is 58.5 Å². The first-order chi connectivity index (χ1) is 14.3. The molecule has 0 spiro atoms. The Morgan fingerprint density at radius 2 is 1.80 bits per heavy atom. The molecule has 162 valence electrons. The van der Waals surface area contributed by atoms with Gasteiger partial charge in [-0.1, -0.05) is 60.5 Å². The lowest BCUT2D eigenvalue weighted by Crippen LogP contribution is -2.50. The smallest absolute Gasteiger partial charge is 0.242 e. The predicted molar refractivity (Wildman–Crippen MR) is 127 cm³/mol. The van der Waals surface area contributed by atoms with E-state index in [1.807, 2.05) is 69.3 Å². The van der Waals surface area contributed by atoms with Gasteiger partial charge in [0.1, 0.15) is 6.04 Å². The minimum absolute atomic E-state index is 0.0468. The van der Waals surface area contributed by atoms with Gasteiger partial charge in [-0.2, -0.15) is 0 Å². The molecule has 0 fully saturated rings. The average Bonchev–Trinajstić information content (AvgIpc) is 2.72. The molecular formula is C24H31ClN2O2S. The van der Waals surface area contributed by atoms with Gasteiger partial charge in [-0.05, 0) is 50.5 Å². The molecule has 0 aliphatic carbocycles. The Balaban J connectivity index is 2.07. The number of benzene rings is 2. The van der Waals surface area contributed by atoms with E-state index in [1.54, 1.807) is 11.8 Å². The van der Waals surface area contributed by atoms with E-state index in [-0.39, 0.29) is 17.9 Å². The van der Waals surface area contributed by atoms with Crippen LogP contribution in [0.4, 0.5) is 0 Å². The van der Waals surface area contributed by atoms with Crippen molar-refractivity contribution < 1.29 is 9.59 Å². The first kappa shape index (κ1) is 24.3. The SMILES string of the molecule is CC[C@@H](C)NC(=O)[C@@H](C)N(Cc1ccc(C)cc1)C(=O)CSCc1cccc(Cl)c1. The summed E-state index contributed by atoms with van der Waals surface area (Å²) < 4.78 is 0. The standard InChI is InChI=1S/C24H31ClN2O2S/c1-5-18(3)26-24(29)19(4)27(14-20-11-9-17(2)10-12-20)23(28)16-30-15-21-7-6-8-22(25)13-21/h6-13,18-19H,5,14-16H2,1-4H3,(H,26,29)/t18-,19-/m1/s1. The van der Waals surface area contributed by atoms with Crippen LogP contribution in [0.2, 0.25) is 5.02 Å². The van der Waals surface area contributed by atoms with Gasteiger partial charge in [-0.3, -0.25) is 9.59 Å². The molecule has 2 rings (SSSR count). The Bertz CT molecular complexity index is 841. The highest BCUT2D eigenvalue weighted by molar-refractivity contribution is 7.99. The predicted octanol–water partition coefficient (Wildman–Crippen LogP) is 5.21. The zero-order valence-corrected chi connectivity index (χ0v) is 19.7. The summed E-state index contributed by atoms with van der Waals surface area (Å²) in [5.74, 6) is 0.830. The van der Waals surface area contributed by atoms with Crippen LogP contribution in [0.5, 0.6) is 0 Å². The second-order valence-electron chi connectivity index (χ2n) is 7.62. The number of aryl methyl sites for hydroxylation is 1. The molecule has 2 aromatic rings. The van der Waals surface area contributed by atoms with E-state index < -0.39 is 6.04 Å². The molecular weight excluding hydrogens is 416 g/mol. The number of amides is 2. The van der Waals surface area contributed by atoms with Gasteiger partial charge >= 0.3 is 0 Å². The van der Waals surface area contributed by atoms with Gasteiger partial charge in [0.05, 0.1) is 5.75 Å². The summed E-state index contributed by atoms with van der Waals surface area (Å²) in [6, 6.07) is 15.2. The topological polar surface area (TPSA) is 49.4 Å². The molecule has 0 unspecified atom stereocenters. The van der Waals surface area contributed by atoms with Crippen molar-refractivity contribution >= 4 is 35.2 Å². The zero-order chi connectivity index (χ0) is 22.1. The third kappa shape index (κ3) is 7.69. The van der Waals surface area contributed by atoms with Crippen LogP contribution in [0, 0.1) is 6.92 Å². The lowest BCUT2D eigenvalue weighted by atomic mass is 10.1. The molecule has 0 saturated carbocycles. The molecule has 2 aromatic carbocycles. The van der Waals surface area contributed by atoms with Crippen LogP contribution in [0.15, 0.2) is 48.5 Å². The fourth-order valence-electron chi connectivity index (χ4n) is 2.90. The van der Waals surface area contributed by atoms with Crippen LogP contribution in [-0.2, 0) is 21.9 Å². The van der Waals surface area contributed by atoms with E-state index >= 15 is 0 Å². The molecule has 0 saturated heterocycles. The molecule has 2 atom stereocenters. The Hall–Kier alpha value is -1.98. The third-order valence-corrected chi connectivity index (χ3v) is 6.25. The number of halogens is 1. The van der Waals surface area contributed by atoms with Gasteiger partial charge in [0.15, 0.2) is 0 Å². The Morgan fingerprint density at radius 3 is 2.43 bits per heavy atom. The van der Waals surface area contributed by atoms with Gasteiger partial charge in [0.25, 0.3) is 0 Å². The number of nitrogens with zero attached hydrogens (tertiary/aromatic N) is 1. The lowest BCUT2D eigenvalue weighted by molar-refractivity contribution is -0.138. The van der Waals surface area contributed by atoms with Gasteiger partial charge in [0, 0.05) is 23.4 Å². The van der Waals surface area contributed by atoms with Crippen molar-refractivity contribution in [1.29, 1.82) is 0 Å². The van der Waals surface area contributed by atoms with Crippen LogP contribution < -0.4 is 5.32 Å². The number of nitrogens with one attached hydrogen (secondary N) is 1. The fourth-order valence-corrected chi connectivity index (χ4v) is 3.97. The normalized spacial score (nSPS) is 12.8. The highest BCUT2D eigenvalue weighted by Crippen LogP contribution is 2.18. The Morgan fingerprint density at radius 1 is 1.10 bits per heavy atom. The summed E-state index contributed by atoms with van der Waals surface area (Å²) in [6.45, 7) is 8.23. The van der Waals surface area contributed by atoms with Crippen LogP contribution in [-0.4, -0.2) is 34.6 Å². The third-order valence-electron chi connectivity index (χ3n) is 5.03. The maximum atomic E-state index is 13.1. The molecule has 0 heterocycles. The fraction of sp³-hybridized carbons (Fsp3) is 0.417. The summed E-state index contributed by atoms with van der Waals surface area (Å²) in [4.78, 5) is 27.5. The number of carbonyl (C=O) groups excluding carboxylic acids is 2. The van der Waals surface area contributed by atoms with Crippen LogP contribution in [0.3, 0.4) is 0 Å². The van der Waals surface area contributed by atoms with E-state index in [0.717, 1.165) is 23.1 Å². The van der Waals surface area contributed by atoms with Crippen molar-refractivity contribution in [3.05, 3.63) is 70.2 Å². The second kappa shape index (κ2) is 12.0. The molecule has 6 heteroatoms. The van der Waals surface area contributed by atoms with Gasteiger partial charge in [-0.15, -0.1) is 11.8 Å². The monoisotopic (exact) mass is 446 g/mol. The molecule has 30 heavy (non-hydrogen) atoms. The minimum atomic E-state index is -0.542. The number of hydrogen-bond acceptors (Lipinski definition) is 3. The van der Waals surface area contributed by atoms with Crippen LogP contribution in [0.1, 0.15) is 43.9 Å². The first-order valence-electron chi connectivity index (χ1n) is 10.3. The van der Waals surface area contributed by atoms with Gasteiger partial charge < -0.3 is 10.2 Å². The van der Waals surface area contributed by atoms with E-state index in [2.05, 4.69) is 5.32 Å². The maximum absolute atomic E-state index is 13.1. The summed E-state index contributed by atoms with van der Waals surface area (Å²) >= 11 is 7.57. The maximum Gasteiger partial charge on any atom is 0.242 e. The summed E-state index contributed by atoms with van der Waals surface area (Å²) in [5.41, 5.74) is 3.25. The van der Waals surface area contributed by atoms with Crippen molar-refractivity contribution in [3.8, 4) is 0 Å². The quantitative estimate of drug-likeness (QED) is 0.544. The van der Waals surface area contributed by atoms with Gasteiger partial charge in [0.2, 0.25) is 11.8 Å². The minimum Gasteiger partial charge on any atom is -0.352 e.